The highest BCUT2D eigenvalue weighted by Crippen LogP contribution is 2.72. The van der Waals surface area contributed by atoms with Gasteiger partial charge in [-0.15, -0.1) is 0 Å². The number of allylic oxidation sites excluding steroid dienone is 1. The second-order valence-electron chi connectivity index (χ2n) is 9.05. The predicted molar refractivity (Wildman–Crippen MR) is 102 cm³/mol. The van der Waals surface area contributed by atoms with Gasteiger partial charge in [-0.1, -0.05) is 29.8 Å². The minimum absolute atomic E-state index is 0.0585. The molecule has 5 bridgehead atoms. The van der Waals surface area contributed by atoms with E-state index < -0.39 is 11.5 Å². The molecule has 1 spiro atoms. The summed E-state index contributed by atoms with van der Waals surface area (Å²) in [5.74, 6) is -0.146. The van der Waals surface area contributed by atoms with E-state index in [-0.39, 0.29) is 29.4 Å². The lowest BCUT2D eigenvalue weighted by Gasteiger charge is -2.61. The Bertz CT molecular complexity index is 897. The predicted octanol–water partition coefficient (Wildman–Crippen LogP) is 1.70. The molecule has 7 unspecified atom stereocenters. The molecule has 4 saturated heterocycles. The topological polar surface area (TPSA) is 53.0 Å². The molecule has 1 aromatic rings. The molecule has 6 aliphatic rings. The molecule has 7 rings (SSSR count). The van der Waals surface area contributed by atoms with Crippen LogP contribution in [0, 0.1) is 11.3 Å². The van der Waals surface area contributed by atoms with E-state index in [0.29, 0.717) is 6.04 Å². The van der Waals surface area contributed by atoms with E-state index in [0.717, 1.165) is 19.4 Å². The van der Waals surface area contributed by atoms with Gasteiger partial charge in [0.25, 0.3) is 0 Å². The number of fused-ring (bicyclic) bond motifs is 2. The van der Waals surface area contributed by atoms with E-state index in [1.807, 2.05) is 0 Å². The molecule has 5 aliphatic heterocycles. The number of nitrogens with zero attached hydrogens (tertiary/aromatic N) is 2. The van der Waals surface area contributed by atoms with Crippen LogP contribution in [0.4, 0.5) is 5.69 Å². The fourth-order valence-electron chi connectivity index (χ4n) is 7.97. The number of anilines is 1. The van der Waals surface area contributed by atoms with Gasteiger partial charge in [-0.25, -0.2) is 0 Å². The standard InChI is InChI=1S/C22H26N2O3/c1-4-12-11-24-16-9-14(12)22(20(26)27-3)17(24)10-21(19(22)25)13-7-5-6-8-15(13)23(2)18(16)21/h4-8,14,16-19,25H,9-11H2,1-3H3/b12-4+/t14?,16?,17?,18?,19?,21-,22?/m1/s1. The average molecular weight is 366 g/mol. The number of para-hydroxylation sites is 1. The van der Waals surface area contributed by atoms with Gasteiger partial charge in [-0.3, -0.25) is 9.69 Å². The van der Waals surface area contributed by atoms with Crippen molar-refractivity contribution in [3.8, 4) is 0 Å². The fraction of sp³-hybridized carbons (Fsp3) is 0.591. The summed E-state index contributed by atoms with van der Waals surface area (Å²) in [6.07, 6.45) is 3.19. The third-order valence-corrected chi connectivity index (χ3v) is 8.72. The highest BCUT2D eigenvalue weighted by Gasteiger charge is 2.82. The zero-order valence-electron chi connectivity index (χ0n) is 16.1. The summed E-state index contributed by atoms with van der Waals surface area (Å²) in [7, 11) is 3.63. The van der Waals surface area contributed by atoms with Gasteiger partial charge in [0.1, 0.15) is 5.41 Å². The van der Waals surface area contributed by atoms with E-state index in [4.69, 9.17) is 4.74 Å². The summed E-state index contributed by atoms with van der Waals surface area (Å²) < 4.78 is 5.37. The van der Waals surface area contributed by atoms with Crippen molar-refractivity contribution < 1.29 is 14.6 Å². The molecule has 8 atom stereocenters. The van der Waals surface area contributed by atoms with Crippen molar-refractivity contribution in [1.29, 1.82) is 0 Å². The Kier molecular flexibility index (Phi) is 2.84. The zero-order chi connectivity index (χ0) is 18.7. The average Bonchev–Trinajstić information content (AvgIpc) is 3.08. The Balaban J connectivity index is 1.67. The summed E-state index contributed by atoms with van der Waals surface area (Å²) in [5.41, 5.74) is 2.48. The molecule has 0 aromatic heterocycles. The van der Waals surface area contributed by atoms with Gasteiger partial charge < -0.3 is 14.7 Å². The molecular formula is C22H26N2O3. The highest BCUT2D eigenvalue weighted by molar-refractivity contribution is 5.84. The second kappa shape index (κ2) is 4.76. The zero-order valence-corrected chi connectivity index (χ0v) is 16.1. The van der Waals surface area contributed by atoms with Gasteiger partial charge in [0.05, 0.1) is 19.3 Å². The SMILES string of the molecule is C/C=C1\CN2C3CC1C1(C(=O)OC)C2C[C@]2(c4ccccc4N(C)C32)C1O. The van der Waals surface area contributed by atoms with Crippen LogP contribution in [-0.2, 0) is 14.9 Å². The third-order valence-electron chi connectivity index (χ3n) is 8.72. The van der Waals surface area contributed by atoms with Crippen molar-refractivity contribution in [1.82, 2.24) is 4.90 Å². The van der Waals surface area contributed by atoms with Crippen LogP contribution in [0.25, 0.3) is 0 Å². The number of esters is 1. The first-order chi connectivity index (χ1) is 13.0. The maximum Gasteiger partial charge on any atom is 0.316 e. The van der Waals surface area contributed by atoms with Crippen molar-refractivity contribution in [2.45, 2.75) is 49.4 Å². The molecule has 5 fully saturated rings. The number of carbonyl (C=O) groups excluding carboxylic acids is 1. The van der Waals surface area contributed by atoms with E-state index in [9.17, 15) is 9.90 Å². The number of hydrogen-bond acceptors (Lipinski definition) is 5. The summed E-state index contributed by atoms with van der Waals surface area (Å²) in [5, 5.41) is 12.0. The first-order valence-electron chi connectivity index (χ1n) is 10.0. The normalized spacial score (nSPS) is 49.5. The monoisotopic (exact) mass is 366 g/mol. The lowest BCUT2D eigenvalue weighted by Crippen LogP contribution is -2.71. The Morgan fingerprint density at radius 2 is 2.15 bits per heavy atom. The molecule has 1 aromatic carbocycles. The minimum Gasteiger partial charge on any atom is -0.468 e. The Morgan fingerprint density at radius 3 is 2.89 bits per heavy atom. The number of rotatable bonds is 1. The maximum absolute atomic E-state index is 13.3. The van der Waals surface area contributed by atoms with Crippen LogP contribution < -0.4 is 4.90 Å². The number of methoxy groups -OCH3 is 1. The first kappa shape index (κ1) is 16.1. The molecule has 5 nitrogen and oxygen atoms in total. The molecule has 5 heterocycles. The van der Waals surface area contributed by atoms with Crippen LogP contribution in [0.1, 0.15) is 25.3 Å². The van der Waals surface area contributed by atoms with Crippen molar-refractivity contribution in [2.24, 2.45) is 11.3 Å². The summed E-state index contributed by atoms with van der Waals surface area (Å²) in [4.78, 5) is 18.2. The molecule has 1 aliphatic carbocycles. The van der Waals surface area contributed by atoms with Crippen molar-refractivity contribution in [3.63, 3.8) is 0 Å². The van der Waals surface area contributed by atoms with Gasteiger partial charge in [0.2, 0.25) is 0 Å². The largest absolute Gasteiger partial charge is 0.468 e. The van der Waals surface area contributed by atoms with E-state index in [1.54, 1.807) is 0 Å². The van der Waals surface area contributed by atoms with E-state index >= 15 is 0 Å². The lowest BCUT2D eigenvalue weighted by atomic mass is 9.58. The van der Waals surface area contributed by atoms with Gasteiger partial charge >= 0.3 is 5.97 Å². The number of ether oxygens (including phenoxy) is 1. The Hall–Kier alpha value is -1.85. The summed E-state index contributed by atoms with van der Waals surface area (Å²) in [6, 6.07) is 9.09. The number of likely N-dealkylation sites (N-methyl/N-ethyl adjacent to an activating group) is 1. The van der Waals surface area contributed by atoms with Crippen LogP contribution in [0.3, 0.4) is 0 Å². The molecule has 0 amide bonds. The number of benzene rings is 1. The van der Waals surface area contributed by atoms with Gasteiger partial charge in [0, 0.05) is 42.7 Å². The van der Waals surface area contributed by atoms with Crippen LogP contribution in [0.2, 0.25) is 0 Å². The van der Waals surface area contributed by atoms with E-state index in [2.05, 4.69) is 54.1 Å². The first-order valence-corrected chi connectivity index (χ1v) is 10.0. The van der Waals surface area contributed by atoms with Gasteiger partial charge in [0.15, 0.2) is 0 Å². The van der Waals surface area contributed by atoms with Crippen LogP contribution in [0.15, 0.2) is 35.9 Å². The van der Waals surface area contributed by atoms with Crippen LogP contribution in [0.5, 0.6) is 0 Å². The number of aliphatic hydroxyl groups excluding tert-OH is 1. The number of carbonyl (C=O) groups is 1. The van der Waals surface area contributed by atoms with Gasteiger partial charge in [-0.05, 0) is 31.4 Å². The van der Waals surface area contributed by atoms with Crippen LogP contribution >= 0.6 is 0 Å². The minimum atomic E-state index is -0.849. The summed E-state index contributed by atoms with van der Waals surface area (Å²) in [6.45, 7) is 2.97. The smallest absolute Gasteiger partial charge is 0.316 e. The Labute approximate surface area is 159 Å². The van der Waals surface area contributed by atoms with E-state index in [1.165, 1.54) is 23.9 Å². The van der Waals surface area contributed by atoms with Crippen molar-refractivity contribution in [3.05, 3.63) is 41.5 Å². The fourth-order valence-corrected chi connectivity index (χ4v) is 7.97. The second-order valence-corrected chi connectivity index (χ2v) is 9.05. The molecule has 0 radical (unpaired) electrons. The highest BCUT2D eigenvalue weighted by atomic mass is 16.5. The molecule has 1 saturated carbocycles. The van der Waals surface area contributed by atoms with Gasteiger partial charge in [-0.2, -0.15) is 0 Å². The van der Waals surface area contributed by atoms with Crippen LogP contribution in [-0.4, -0.2) is 60.9 Å². The lowest BCUT2D eigenvalue weighted by molar-refractivity contribution is -0.179. The number of hydrogen-bond donors (Lipinski definition) is 1. The van der Waals surface area contributed by atoms with Crippen molar-refractivity contribution >= 4 is 11.7 Å². The quantitative estimate of drug-likeness (QED) is 0.606. The number of piperidine rings is 4. The molecule has 5 heteroatoms. The third kappa shape index (κ3) is 1.40. The molecular weight excluding hydrogens is 340 g/mol. The van der Waals surface area contributed by atoms with Crippen molar-refractivity contribution in [2.75, 3.05) is 25.6 Å². The number of aliphatic hydroxyl groups is 1. The molecule has 1 N–H and O–H groups in total. The molecule has 142 valence electrons. The molecule has 27 heavy (non-hydrogen) atoms. The summed E-state index contributed by atoms with van der Waals surface area (Å²) >= 11 is 0. The maximum atomic E-state index is 13.3. The Morgan fingerprint density at radius 1 is 1.37 bits per heavy atom.